The highest BCUT2D eigenvalue weighted by Crippen LogP contribution is 2.39. The molecule has 0 unspecified atom stereocenters. The van der Waals surface area contributed by atoms with Crippen LogP contribution in [0, 0.1) is 13.8 Å². The van der Waals surface area contributed by atoms with Crippen LogP contribution in [0.1, 0.15) is 22.5 Å². The maximum Gasteiger partial charge on any atom is 0.266 e. The third kappa shape index (κ3) is 5.83. The van der Waals surface area contributed by atoms with E-state index in [9.17, 15) is 9.59 Å². The molecule has 1 aliphatic rings. The van der Waals surface area contributed by atoms with E-state index in [1.54, 1.807) is 36.6 Å². The van der Waals surface area contributed by atoms with E-state index >= 15 is 0 Å². The largest absolute Gasteiger partial charge is 0.493 e. The lowest BCUT2D eigenvalue weighted by Gasteiger charge is -2.15. The van der Waals surface area contributed by atoms with Gasteiger partial charge in [-0.05, 0) is 82.9 Å². The number of thioether (sulfide) groups is 1. The summed E-state index contributed by atoms with van der Waals surface area (Å²) in [5.41, 5.74) is 3.55. The normalized spacial score (nSPS) is 14.4. The lowest BCUT2D eigenvalue weighted by atomic mass is 10.1. The van der Waals surface area contributed by atoms with Crippen LogP contribution in [-0.2, 0) is 16.1 Å². The van der Waals surface area contributed by atoms with E-state index in [4.69, 9.17) is 26.1 Å². The zero-order valence-corrected chi connectivity index (χ0v) is 23.0. The second kappa shape index (κ2) is 11.3. The summed E-state index contributed by atoms with van der Waals surface area (Å²) in [6.07, 6.45) is 3.30. The molecule has 0 spiro atoms. The summed E-state index contributed by atoms with van der Waals surface area (Å²) >= 11 is 10.1. The van der Waals surface area contributed by atoms with Crippen molar-refractivity contribution >= 4 is 67.8 Å². The van der Waals surface area contributed by atoms with Crippen molar-refractivity contribution in [3.63, 3.8) is 0 Å². The molecule has 2 heterocycles. The monoisotopic (exact) mass is 586 g/mol. The Kier molecular flexibility index (Phi) is 8.17. The molecule has 0 bridgehead atoms. The van der Waals surface area contributed by atoms with Gasteiger partial charge in [0.25, 0.3) is 11.8 Å². The van der Waals surface area contributed by atoms with Crippen LogP contribution in [0.4, 0.5) is 5.69 Å². The molecule has 186 valence electrons. The Hall–Kier alpha value is -3.08. The zero-order valence-electron chi connectivity index (χ0n) is 19.8. The van der Waals surface area contributed by atoms with Crippen LogP contribution in [-0.4, -0.2) is 34.8 Å². The Morgan fingerprint density at radius 3 is 2.78 bits per heavy atom. The third-order valence-electron chi connectivity index (χ3n) is 5.54. The molecular weight excluding hydrogens is 564 g/mol. The number of carbonyl (C=O) groups excluding carboxylic acids is 2. The number of benzene rings is 2. The molecule has 10 heteroatoms. The van der Waals surface area contributed by atoms with Crippen LogP contribution in [0.15, 0.2) is 62.5 Å². The number of carbonyl (C=O) groups is 2. The Morgan fingerprint density at radius 1 is 1.25 bits per heavy atom. The highest BCUT2D eigenvalue weighted by Gasteiger charge is 2.32. The number of halogens is 1. The molecule has 7 nitrogen and oxygen atoms in total. The van der Waals surface area contributed by atoms with Crippen molar-refractivity contribution in [2.75, 3.05) is 19.0 Å². The molecule has 0 radical (unpaired) electrons. The Bertz CT molecular complexity index is 1350. The summed E-state index contributed by atoms with van der Waals surface area (Å²) in [5, 5.41) is 2.87. The fourth-order valence-electron chi connectivity index (χ4n) is 3.52. The predicted molar refractivity (Wildman–Crippen MR) is 148 cm³/mol. The van der Waals surface area contributed by atoms with Gasteiger partial charge in [-0.3, -0.25) is 14.5 Å². The first kappa shape index (κ1) is 26.0. The average molecular weight is 588 g/mol. The van der Waals surface area contributed by atoms with E-state index in [0.29, 0.717) is 36.5 Å². The van der Waals surface area contributed by atoms with Gasteiger partial charge < -0.3 is 19.2 Å². The summed E-state index contributed by atoms with van der Waals surface area (Å²) in [5.74, 6) is 0.972. The van der Waals surface area contributed by atoms with Crippen molar-refractivity contribution in [2.45, 2.75) is 20.4 Å². The smallest absolute Gasteiger partial charge is 0.266 e. The highest BCUT2D eigenvalue weighted by atomic mass is 79.9. The Morgan fingerprint density at radius 2 is 2.06 bits per heavy atom. The Balaban J connectivity index is 1.47. The van der Waals surface area contributed by atoms with Crippen molar-refractivity contribution in [3.8, 4) is 11.5 Å². The average Bonchev–Trinajstić information content (AvgIpc) is 3.45. The minimum atomic E-state index is -0.290. The van der Waals surface area contributed by atoms with Crippen molar-refractivity contribution < 1.29 is 23.5 Å². The molecule has 1 aliphatic heterocycles. The molecule has 1 saturated heterocycles. The van der Waals surface area contributed by atoms with Gasteiger partial charge in [0.1, 0.15) is 10.1 Å². The maximum absolute atomic E-state index is 12.9. The molecule has 2 aromatic carbocycles. The zero-order chi connectivity index (χ0) is 25.8. The first-order valence-electron chi connectivity index (χ1n) is 10.9. The van der Waals surface area contributed by atoms with E-state index < -0.39 is 0 Å². The SMILES string of the molecule is COc1cc(/C=C2\SC(=S)N(Cc3ccco3)C2=O)cc(Br)c1OCC(=O)Nc1cccc(C)c1C. The summed E-state index contributed by atoms with van der Waals surface area (Å²) in [6.45, 7) is 4.02. The number of nitrogens with one attached hydrogen (secondary N) is 1. The number of nitrogens with zero attached hydrogens (tertiary/aromatic N) is 1. The number of amides is 2. The predicted octanol–water partition coefficient (Wildman–Crippen LogP) is 6.09. The number of rotatable bonds is 8. The topological polar surface area (TPSA) is 81.0 Å². The molecule has 0 saturated carbocycles. The number of anilines is 1. The Labute approximate surface area is 227 Å². The number of ether oxygens (including phenoxy) is 2. The van der Waals surface area contributed by atoms with Crippen molar-refractivity contribution in [3.05, 3.63) is 80.6 Å². The number of aryl methyl sites for hydroxylation is 1. The quantitative estimate of drug-likeness (QED) is 0.253. The highest BCUT2D eigenvalue weighted by molar-refractivity contribution is 9.10. The minimum Gasteiger partial charge on any atom is -0.493 e. The van der Waals surface area contributed by atoms with Crippen LogP contribution in [0.25, 0.3) is 6.08 Å². The molecule has 1 fully saturated rings. The third-order valence-corrected chi connectivity index (χ3v) is 7.51. The summed E-state index contributed by atoms with van der Waals surface area (Å²) in [7, 11) is 1.51. The lowest BCUT2D eigenvalue weighted by molar-refractivity contribution is -0.122. The second-order valence-electron chi connectivity index (χ2n) is 7.97. The maximum atomic E-state index is 12.9. The van der Waals surface area contributed by atoms with Gasteiger partial charge in [-0.2, -0.15) is 0 Å². The molecular formula is C26H23BrN2O5S2. The number of thiocarbonyl (C=S) groups is 1. The second-order valence-corrected chi connectivity index (χ2v) is 10.5. The number of hydrogen-bond acceptors (Lipinski definition) is 7. The van der Waals surface area contributed by atoms with Crippen molar-refractivity contribution in [1.29, 1.82) is 0 Å². The van der Waals surface area contributed by atoms with Crippen molar-refractivity contribution in [1.82, 2.24) is 4.90 Å². The fraction of sp³-hybridized carbons (Fsp3) is 0.192. The number of methoxy groups -OCH3 is 1. The molecule has 1 N–H and O–H groups in total. The van der Waals surface area contributed by atoms with Crippen LogP contribution < -0.4 is 14.8 Å². The van der Waals surface area contributed by atoms with Gasteiger partial charge in [0.15, 0.2) is 18.1 Å². The van der Waals surface area contributed by atoms with E-state index in [2.05, 4.69) is 21.2 Å². The van der Waals surface area contributed by atoms with Crippen LogP contribution in [0.2, 0.25) is 0 Å². The van der Waals surface area contributed by atoms with Gasteiger partial charge in [-0.15, -0.1) is 0 Å². The first-order valence-corrected chi connectivity index (χ1v) is 12.9. The summed E-state index contributed by atoms with van der Waals surface area (Å²) in [6, 6.07) is 12.8. The van der Waals surface area contributed by atoms with Crippen LogP contribution in [0.5, 0.6) is 11.5 Å². The van der Waals surface area contributed by atoms with E-state index in [1.165, 1.54) is 23.8 Å². The van der Waals surface area contributed by atoms with E-state index in [-0.39, 0.29) is 25.0 Å². The van der Waals surface area contributed by atoms with Gasteiger partial charge >= 0.3 is 0 Å². The number of hydrogen-bond donors (Lipinski definition) is 1. The van der Waals surface area contributed by atoms with Gasteiger partial charge in [0.05, 0.1) is 29.3 Å². The molecule has 4 rings (SSSR count). The van der Waals surface area contributed by atoms with Gasteiger partial charge in [0, 0.05) is 5.69 Å². The molecule has 1 aromatic heterocycles. The van der Waals surface area contributed by atoms with Gasteiger partial charge in [-0.1, -0.05) is 36.1 Å². The van der Waals surface area contributed by atoms with Gasteiger partial charge in [-0.25, -0.2) is 0 Å². The van der Waals surface area contributed by atoms with Gasteiger partial charge in [0.2, 0.25) is 0 Å². The van der Waals surface area contributed by atoms with Crippen LogP contribution in [0.3, 0.4) is 0 Å². The fourth-order valence-corrected chi connectivity index (χ4v) is 5.35. The molecule has 2 amide bonds. The standard InChI is InChI=1S/C26H23BrN2O5S2/c1-15-6-4-8-20(16(15)2)28-23(30)14-34-24-19(27)10-17(11-21(24)32-3)12-22-25(31)29(26(35)36-22)13-18-7-5-9-33-18/h4-12H,13-14H2,1-3H3,(H,28,30)/b22-12-. The van der Waals surface area contributed by atoms with Crippen LogP contribution >= 0.6 is 39.9 Å². The molecule has 3 aromatic rings. The molecule has 36 heavy (non-hydrogen) atoms. The summed E-state index contributed by atoms with van der Waals surface area (Å²) < 4.78 is 17.7. The van der Waals surface area contributed by atoms with Crippen molar-refractivity contribution in [2.24, 2.45) is 0 Å². The van der Waals surface area contributed by atoms with E-state index in [1.807, 2.05) is 32.0 Å². The minimum absolute atomic E-state index is 0.195. The van der Waals surface area contributed by atoms with E-state index in [0.717, 1.165) is 16.8 Å². The molecule has 0 atom stereocenters. The first-order chi connectivity index (χ1) is 17.3. The lowest BCUT2D eigenvalue weighted by Crippen LogP contribution is -2.27. The molecule has 0 aliphatic carbocycles. The number of furan rings is 1. The summed E-state index contributed by atoms with van der Waals surface area (Å²) in [4.78, 5) is 27.4.